The molecular weight excluding hydrogens is 360 g/mol. The molecule has 0 aromatic heterocycles. The summed E-state index contributed by atoms with van der Waals surface area (Å²) in [7, 11) is 1.38. The summed E-state index contributed by atoms with van der Waals surface area (Å²) in [6, 6.07) is 18.4. The van der Waals surface area contributed by atoms with Crippen LogP contribution in [0.1, 0.15) is 18.1 Å². The Morgan fingerprint density at radius 1 is 0.821 bits per heavy atom. The van der Waals surface area contributed by atoms with Crippen molar-refractivity contribution in [1.82, 2.24) is 9.80 Å². The summed E-state index contributed by atoms with van der Waals surface area (Å²) in [4.78, 5) is 40.4. The summed E-state index contributed by atoms with van der Waals surface area (Å²) >= 11 is 0. The van der Waals surface area contributed by atoms with E-state index >= 15 is 0 Å². The number of nitrogens with zero attached hydrogens (tertiary/aromatic N) is 2. The zero-order chi connectivity index (χ0) is 20.1. The van der Waals surface area contributed by atoms with Gasteiger partial charge in [-0.3, -0.25) is 24.2 Å². The van der Waals surface area contributed by atoms with Crippen molar-refractivity contribution in [3.63, 3.8) is 0 Å². The van der Waals surface area contributed by atoms with Crippen LogP contribution in [-0.4, -0.2) is 47.1 Å². The number of hydrogen-bond acceptors (Lipinski definition) is 5. The first kappa shape index (κ1) is 19.6. The zero-order valence-corrected chi connectivity index (χ0v) is 15.8. The molecule has 7 heteroatoms. The molecule has 2 unspecified atom stereocenters. The summed E-state index contributed by atoms with van der Waals surface area (Å²) in [5.41, 5.74) is 1.65. The Bertz CT molecular complexity index is 840. The van der Waals surface area contributed by atoms with Crippen molar-refractivity contribution in [3.05, 3.63) is 71.8 Å². The fourth-order valence-electron chi connectivity index (χ4n) is 3.16. The van der Waals surface area contributed by atoms with Crippen LogP contribution in [0.4, 0.5) is 0 Å². The van der Waals surface area contributed by atoms with Gasteiger partial charge < -0.3 is 9.47 Å². The normalized spacial score (nSPS) is 19.6. The number of amides is 2. The van der Waals surface area contributed by atoms with Gasteiger partial charge >= 0.3 is 5.97 Å². The second-order valence-corrected chi connectivity index (χ2v) is 6.45. The van der Waals surface area contributed by atoms with E-state index in [-0.39, 0.29) is 13.1 Å². The Morgan fingerprint density at radius 2 is 1.25 bits per heavy atom. The Kier molecular flexibility index (Phi) is 6.06. The molecule has 0 saturated carbocycles. The fourth-order valence-corrected chi connectivity index (χ4v) is 3.16. The monoisotopic (exact) mass is 382 g/mol. The molecule has 2 amide bonds. The van der Waals surface area contributed by atoms with Crippen molar-refractivity contribution in [3.8, 4) is 0 Å². The van der Waals surface area contributed by atoms with Crippen LogP contribution in [0.25, 0.3) is 0 Å². The molecule has 0 spiro atoms. The van der Waals surface area contributed by atoms with Crippen LogP contribution in [0.5, 0.6) is 0 Å². The average molecular weight is 382 g/mol. The van der Waals surface area contributed by atoms with Gasteiger partial charge in [0.2, 0.25) is 6.23 Å². The van der Waals surface area contributed by atoms with E-state index in [2.05, 4.69) is 0 Å². The molecule has 3 rings (SSSR count). The number of methoxy groups -OCH3 is 1. The van der Waals surface area contributed by atoms with Gasteiger partial charge in [-0.25, -0.2) is 0 Å². The lowest BCUT2D eigenvalue weighted by Crippen LogP contribution is -2.65. The smallest absolute Gasteiger partial charge is 0.304 e. The van der Waals surface area contributed by atoms with Gasteiger partial charge in [-0.15, -0.1) is 0 Å². The first-order valence-corrected chi connectivity index (χ1v) is 8.90. The summed E-state index contributed by atoms with van der Waals surface area (Å²) < 4.78 is 10.6. The van der Waals surface area contributed by atoms with Gasteiger partial charge in [0.15, 0.2) is 0 Å². The Hall–Kier alpha value is -3.19. The molecule has 2 aromatic rings. The van der Waals surface area contributed by atoms with E-state index in [1.807, 2.05) is 60.7 Å². The van der Waals surface area contributed by atoms with Gasteiger partial charge in [0.05, 0.1) is 0 Å². The van der Waals surface area contributed by atoms with Gasteiger partial charge in [-0.1, -0.05) is 60.7 Å². The van der Waals surface area contributed by atoms with Crippen molar-refractivity contribution >= 4 is 17.8 Å². The highest BCUT2D eigenvalue weighted by Crippen LogP contribution is 2.24. The van der Waals surface area contributed by atoms with Crippen LogP contribution in [-0.2, 0) is 36.9 Å². The van der Waals surface area contributed by atoms with Crippen molar-refractivity contribution < 1.29 is 23.9 Å². The number of piperazine rings is 1. The van der Waals surface area contributed by atoms with E-state index in [9.17, 15) is 14.4 Å². The van der Waals surface area contributed by atoms with Crippen LogP contribution >= 0.6 is 0 Å². The lowest BCUT2D eigenvalue weighted by atomic mass is 10.1. The molecule has 1 aliphatic rings. The maximum Gasteiger partial charge on any atom is 0.304 e. The third kappa shape index (κ3) is 4.20. The molecule has 2 aromatic carbocycles. The van der Waals surface area contributed by atoms with Gasteiger partial charge in [-0.05, 0) is 11.1 Å². The highest BCUT2D eigenvalue weighted by Gasteiger charge is 2.48. The topological polar surface area (TPSA) is 76.1 Å². The molecule has 0 bridgehead atoms. The lowest BCUT2D eigenvalue weighted by Gasteiger charge is -2.43. The zero-order valence-electron chi connectivity index (χ0n) is 15.8. The molecular formula is C21H22N2O5. The molecule has 1 fully saturated rings. The van der Waals surface area contributed by atoms with E-state index in [0.717, 1.165) is 11.1 Å². The van der Waals surface area contributed by atoms with Crippen LogP contribution in [0.15, 0.2) is 60.7 Å². The van der Waals surface area contributed by atoms with Crippen LogP contribution in [0, 0.1) is 0 Å². The summed E-state index contributed by atoms with van der Waals surface area (Å²) in [5, 5.41) is 0. The first-order valence-electron chi connectivity index (χ1n) is 8.90. The minimum absolute atomic E-state index is 0.127. The first-order chi connectivity index (χ1) is 13.5. The predicted octanol–water partition coefficient (Wildman–Crippen LogP) is 1.92. The molecule has 7 nitrogen and oxygen atoms in total. The molecule has 0 aliphatic carbocycles. The van der Waals surface area contributed by atoms with E-state index in [1.165, 1.54) is 23.8 Å². The number of ether oxygens (including phenoxy) is 2. The molecule has 0 radical (unpaired) electrons. The van der Waals surface area contributed by atoms with Crippen LogP contribution < -0.4 is 0 Å². The highest BCUT2D eigenvalue weighted by atomic mass is 16.6. The number of carbonyl (C=O) groups excluding carboxylic acids is 3. The Labute approximate surface area is 163 Å². The van der Waals surface area contributed by atoms with E-state index in [4.69, 9.17) is 9.47 Å². The Balaban J connectivity index is 1.92. The van der Waals surface area contributed by atoms with Crippen LogP contribution in [0.2, 0.25) is 0 Å². The SMILES string of the molecule is COC1C(=O)N(Cc2ccccc2)C(OC(C)=O)C(=O)N1Cc1ccccc1. The van der Waals surface area contributed by atoms with E-state index in [1.54, 1.807) is 0 Å². The summed E-state index contributed by atoms with van der Waals surface area (Å²) in [6.07, 6.45) is -2.43. The summed E-state index contributed by atoms with van der Waals surface area (Å²) in [5.74, 6) is -1.57. The van der Waals surface area contributed by atoms with Crippen molar-refractivity contribution in [2.45, 2.75) is 32.5 Å². The standard InChI is InChI=1S/C21H22N2O5/c1-15(24)28-21-19(26)22(13-16-9-5-3-6-10-16)20(27-2)18(25)23(21)14-17-11-7-4-8-12-17/h3-12,20-21H,13-14H2,1-2H3. The summed E-state index contributed by atoms with van der Waals surface area (Å²) in [6.45, 7) is 1.51. The third-order valence-corrected chi connectivity index (χ3v) is 4.45. The number of benzene rings is 2. The van der Waals surface area contributed by atoms with E-state index < -0.39 is 30.2 Å². The number of carbonyl (C=O) groups is 3. The minimum Gasteiger partial charge on any atom is -0.432 e. The molecule has 1 aliphatic heterocycles. The van der Waals surface area contributed by atoms with Gasteiger partial charge in [0, 0.05) is 27.1 Å². The van der Waals surface area contributed by atoms with Gasteiger partial charge in [-0.2, -0.15) is 0 Å². The highest BCUT2D eigenvalue weighted by molar-refractivity contribution is 5.96. The molecule has 0 N–H and O–H groups in total. The largest absolute Gasteiger partial charge is 0.432 e. The maximum atomic E-state index is 13.2. The number of hydrogen-bond donors (Lipinski definition) is 0. The molecule has 1 heterocycles. The van der Waals surface area contributed by atoms with Crippen molar-refractivity contribution in [1.29, 1.82) is 0 Å². The lowest BCUT2D eigenvalue weighted by molar-refractivity contribution is -0.204. The fraction of sp³-hybridized carbons (Fsp3) is 0.286. The predicted molar refractivity (Wildman–Crippen MR) is 100 cm³/mol. The second-order valence-electron chi connectivity index (χ2n) is 6.45. The molecule has 28 heavy (non-hydrogen) atoms. The van der Waals surface area contributed by atoms with Gasteiger partial charge in [0.25, 0.3) is 18.0 Å². The van der Waals surface area contributed by atoms with Gasteiger partial charge in [0.1, 0.15) is 0 Å². The third-order valence-electron chi connectivity index (χ3n) is 4.45. The second kappa shape index (κ2) is 8.67. The molecule has 2 atom stereocenters. The van der Waals surface area contributed by atoms with Crippen molar-refractivity contribution in [2.24, 2.45) is 0 Å². The number of rotatable bonds is 6. The average Bonchev–Trinajstić information content (AvgIpc) is 2.70. The minimum atomic E-state index is -1.33. The van der Waals surface area contributed by atoms with E-state index in [0.29, 0.717) is 0 Å². The molecule has 146 valence electrons. The number of esters is 1. The Morgan fingerprint density at radius 3 is 1.68 bits per heavy atom. The van der Waals surface area contributed by atoms with Crippen molar-refractivity contribution in [2.75, 3.05) is 7.11 Å². The maximum absolute atomic E-state index is 13.2. The quantitative estimate of drug-likeness (QED) is 0.714. The van der Waals surface area contributed by atoms with Crippen LogP contribution in [0.3, 0.4) is 0 Å². The molecule has 1 saturated heterocycles.